The van der Waals surface area contributed by atoms with Crippen LogP contribution in [0.2, 0.25) is 0 Å². The number of hydrogen-bond donors (Lipinski definition) is 1. The van der Waals surface area contributed by atoms with E-state index in [-0.39, 0.29) is 44.5 Å². The van der Waals surface area contributed by atoms with Crippen molar-refractivity contribution < 1.29 is 65.1 Å². The number of ether oxygens (including phenoxy) is 5. The van der Waals surface area contributed by atoms with Crippen LogP contribution in [0.15, 0.2) is 133 Å². The highest BCUT2D eigenvalue weighted by Gasteiger charge is 2.35. The van der Waals surface area contributed by atoms with Gasteiger partial charge in [-0.1, -0.05) is 79.4 Å². The molecule has 1 heterocycles. The van der Waals surface area contributed by atoms with Gasteiger partial charge in [0.25, 0.3) is 10.1 Å². The number of benzene rings is 5. The van der Waals surface area contributed by atoms with Crippen molar-refractivity contribution in [2.24, 2.45) is 0 Å². The zero-order valence-electron chi connectivity index (χ0n) is 47.1. The summed E-state index contributed by atoms with van der Waals surface area (Å²) in [5, 5.41) is 3.45. The van der Waals surface area contributed by atoms with Crippen LogP contribution in [0.3, 0.4) is 0 Å². The summed E-state index contributed by atoms with van der Waals surface area (Å²) in [6.07, 6.45) is -0.0748. The standard InChI is InChI=1S/C60H72N6O14S/c1-10-81(73,74)79-40-45-20-22-46(23-21-45)43(5)64-35-55(67)61-42(4)60(72)63(29-28-48-16-14-15-19-54(48)80-51-17-12-11-13-18-51)37-58(70)66(49-32-52(76-8)34-53(33-49)77-9)38-56(68)62(30-31-78-41(2)3)36-57(69)65(39-59(64)71)44(6)47-24-26-50(75-7)27-25-47/h10-27,32-34,41-44H,1,28-31,35-40H2,2-9H3,(H,61,67)/t42-,43+,44+/m1/s1. The average Bonchev–Trinajstić information content (AvgIpc) is 3.60. The van der Waals surface area contributed by atoms with Gasteiger partial charge in [-0.2, -0.15) is 8.42 Å². The highest BCUT2D eigenvalue weighted by molar-refractivity contribution is 7.89. The average molecular weight is 1130 g/mol. The van der Waals surface area contributed by atoms with E-state index in [0.29, 0.717) is 56.4 Å². The van der Waals surface area contributed by atoms with Crippen molar-refractivity contribution in [3.63, 3.8) is 0 Å². The van der Waals surface area contributed by atoms with E-state index in [2.05, 4.69) is 11.9 Å². The zero-order chi connectivity index (χ0) is 58.8. The van der Waals surface area contributed by atoms with Crippen LogP contribution in [0, 0.1) is 0 Å². The van der Waals surface area contributed by atoms with Crippen molar-refractivity contribution >= 4 is 51.2 Å². The second kappa shape index (κ2) is 29.3. The lowest BCUT2D eigenvalue weighted by molar-refractivity contribution is -0.148. The summed E-state index contributed by atoms with van der Waals surface area (Å²) in [5.74, 6) is -1.87. The minimum atomic E-state index is -3.98. The van der Waals surface area contributed by atoms with Gasteiger partial charge in [-0.25, -0.2) is 0 Å². The molecule has 6 rings (SSSR count). The van der Waals surface area contributed by atoms with Gasteiger partial charge in [0.1, 0.15) is 61.0 Å². The molecule has 5 aromatic carbocycles. The minimum absolute atomic E-state index is 0.00437. The van der Waals surface area contributed by atoms with Crippen LogP contribution in [0.4, 0.5) is 5.69 Å². The van der Waals surface area contributed by atoms with Crippen LogP contribution in [0.25, 0.3) is 0 Å². The van der Waals surface area contributed by atoms with Gasteiger partial charge in [-0.05, 0) is 93.6 Å². The predicted octanol–water partition coefficient (Wildman–Crippen LogP) is 6.85. The zero-order valence-corrected chi connectivity index (χ0v) is 47.9. The molecule has 1 aliphatic rings. The summed E-state index contributed by atoms with van der Waals surface area (Å²) < 4.78 is 57.8. The molecule has 0 bridgehead atoms. The molecule has 20 nitrogen and oxygen atoms in total. The highest BCUT2D eigenvalue weighted by Crippen LogP contribution is 2.31. The second-order valence-corrected chi connectivity index (χ2v) is 21.0. The van der Waals surface area contributed by atoms with E-state index in [1.54, 1.807) is 98.8 Å². The van der Waals surface area contributed by atoms with Crippen LogP contribution in [0.1, 0.15) is 69.0 Å². The number of hydrogen-bond acceptors (Lipinski definition) is 14. The van der Waals surface area contributed by atoms with E-state index in [4.69, 9.17) is 27.9 Å². The van der Waals surface area contributed by atoms with Gasteiger partial charge >= 0.3 is 0 Å². The van der Waals surface area contributed by atoms with Gasteiger partial charge in [0.2, 0.25) is 35.4 Å². The summed E-state index contributed by atoms with van der Waals surface area (Å²) in [6.45, 7) is 8.30. The molecule has 81 heavy (non-hydrogen) atoms. The van der Waals surface area contributed by atoms with E-state index < -0.39 is 96.4 Å². The molecule has 1 aliphatic heterocycles. The molecule has 3 atom stereocenters. The topological polar surface area (TPSA) is 220 Å². The molecular formula is C60H72N6O14S. The number of carbonyl (C=O) groups excluding carboxylic acids is 6. The Morgan fingerprint density at radius 2 is 1.19 bits per heavy atom. The fraction of sp³-hybridized carbons (Fsp3) is 0.367. The van der Waals surface area contributed by atoms with Crippen LogP contribution in [-0.2, 0) is 60.8 Å². The van der Waals surface area contributed by atoms with E-state index in [0.717, 1.165) is 0 Å². The minimum Gasteiger partial charge on any atom is -0.497 e. The first-order chi connectivity index (χ1) is 38.7. The second-order valence-electron chi connectivity index (χ2n) is 19.4. The Morgan fingerprint density at radius 3 is 1.79 bits per heavy atom. The first-order valence-corrected chi connectivity index (χ1v) is 27.8. The Bertz CT molecular complexity index is 3070. The van der Waals surface area contributed by atoms with Crippen molar-refractivity contribution in [1.82, 2.24) is 24.9 Å². The lowest BCUT2D eigenvalue weighted by Gasteiger charge is -2.36. The quantitative estimate of drug-likeness (QED) is 0.0743. The highest BCUT2D eigenvalue weighted by atomic mass is 32.2. The van der Waals surface area contributed by atoms with E-state index in [1.165, 1.54) is 52.8 Å². The lowest BCUT2D eigenvalue weighted by atomic mass is 10.0. The Labute approximate surface area is 474 Å². The normalized spacial score (nSPS) is 16.4. The Hall–Kier alpha value is -8.27. The first kappa shape index (κ1) is 61.9. The van der Waals surface area contributed by atoms with Gasteiger partial charge in [-0.15, -0.1) is 0 Å². The third kappa shape index (κ3) is 17.6. The van der Waals surface area contributed by atoms with E-state index >= 15 is 19.2 Å². The summed E-state index contributed by atoms with van der Waals surface area (Å²) >= 11 is 0. The Kier molecular flexibility index (Phi) is 22.4. The molecule has 0 spiro atoms. The lowest BCUT2D eigenvalue weighted by Crippen LogP contribution is -2.55. The monoisotopic (exact) mass is 1130 g/mol. The first-order valence-electron chi connectivity index (χ1n) is 26.4. The van der Waals surface area contributed by atoms with E-state index in [1.807, 2.05) is 50.2 Å². The number of carbonyl (C=O) groups is 6. The number of amides is 6. The molecule has 0 unspecified atom stereocenters. The SMILES string of the molecule is C=CS(=O)(=O)OCc1ccc([C@H](C)N2CC(=O)N[C@H](C)C(=O)N(CCc3ccccc3Oc3ccccc3)CC(=O)N(c3cc(OC)cc(OC)c3)CC(=O)N(CCOC(C)C)CC(=O)N([C@@H](C)c3ccc(OC)cc3)CC2=O)cc1. The van der Waals surface area contributed by atoms with Gasteiger partial charge in [0.05, 0.1) is 70.4 Å². The smallest absolute Gasteiger partial charge is 0.289 e. The van der Waals surface area contributed by atoms with E-state index in [9.17, 15) is 18.0 Å². The molecule has 0 saturated carbocycles. The summed E-state index contributed by atoms with van der Waals surface area (Å²) in [4.78, 5) is 96.3. The van der Waals surface area contributed by atoms with Gasteiger partial charge in [0, 0.05) is 31.3 Å². The predicted molar refractivity (Wildman–Crippen MR) is 304 cm³/mol. The molecule has 0 aliphatic carbocycles. The van der Waals surface area contributed by atoms with Crippen LogP contribution in [-0.4, -0.2) is 149 Å². The van der Waals surface area contributed by atoms with Crippen molar-refractivity contribution in [2.45, 2.75) is 71.9 Å². The van der Waals surface area contributed by atoms with Crippen molar-refractivity contribution in [1.29, 1.82) is 0 Å². The van der Waals surface area contributed by atoms with Gasteiger partial charge in [0.15, 0.2) is 0 Å². The molecule has 0 aromatic heterocycles. The molecule has 1 fully saturated rings. The van der Waals surface area contributed by atoms with Crippen LogP contribution >= 0.6 is 0 Å². The number of para-hydroxylation sites is 2. The molecule has 5 aromatic rings. The molecule has 21 heteroatoms. The van der Waals surface area contributed by atoms with Crippen molar-refractivity contribution in [2.75, 3.05) is 78.6 Å². The molecule has 6 amide bonds. The maximum atomic E-state index is 15.2. The maximum absolute atomic E-state index is 15.2. The van der Waals surface area contributed by atoms with Crippen LogP contribution < -0.4 is 29.2 Å². The summed E-state index contributed by atoms with van der Waals surface area (Å²) in [5.41, 5.74) is 2.50. The number of nitrogens with one attached hydrogen (secondary N) is 1. The number of anilines is 1. The third-order valence-electron chi connectivity index (χ3n) is 13.6. The van der Waals surface area contributed by atoms with Gasteiger partial charge in [-0.3, -0.25) is 33.0 Å². The van der Waals surface area contributed by atoms with Crippen LogP contribution in [0.5, 0.6) is 28.7 Å². The maximum Gasteiger partial charge on any atom is 0.289 e. The molecule has 432 valence electrons. The fourth-order valence-electron chi connectivity index (χ4n) is 8.88. The third-order valence-corrected chi connectivity index (χ3v) is 14.4. The Balaban J connectivity index is 1.46. The Morgan fingerprint density at radius 1 is 0.617 bits per heavy atom. The van der Waals surface area contributed by atoms with Gasteiger partial charge < -0.3 is 53.5 Å². The van der Waals surface area contributed by atoms with Crippen molar-refractivity contribution in [3.8, 4) is 28.7 Å². The fourth-order valence-corrected chi connectivity index (χ4v) is 9.27. The van der Waals surface area contributed by atoms with Crippen molar-refractivity contribution in [3.05, 3.63) is 156 Å². The number of methoxy groups -OCH3 is 3. The molecule has 0 radical (unpaired) electrons. The molecule has 1 saturated heterocycles. The summed E-state index contributed by atoms with van der Waals surface area (Å²) in [7, 11) is 0.398. The largest absolute Gasteiger partial charge is 0.497 e. The molecule has 1 N–H and O–H groups in total. The number of rotatable bonds is 21. The molecular weight excluding hydrogens is 1060 g/mol. The number of nitrogens with zero attached hydrogens (tertiary/aromatic N) is 5. The summed E-state index contributed by atoms with van der Waals surface area (Å²) in [6, 6.07) is 31.6.